The van der Waals surface area contributed by atoms with E-state index in [1.54, 1.807) is 18.2 Å². The van der Waals surface area contributed by atoms with Crippen molar-refractivity contribution in [1.82, 2.24) is 0 Å². The Balaban J connectivity index is 2.08. The summed E-state index contributed by atoms with van der Waals surface area (Å²) in [6, 6.07) is 8.95. The van der Waals surface area contributed by atoms with Crippen molar-refractivity contribution in [1.29, 1.82) is 0 Å². The second-order valence-corrected chi connectivity index (χ2v) is 5.61. The first-order chi connectivity index (χ1) is 9.45. The molecule has 0 radical (unpaired) electrons. The van der Waals surface area contributed by atoms with Gasteiger partial charge in [-0.3, -0.25) is 4.79 Å². The molecule has 0 aliphatic carbocycles. The molecule has 0 aliphatic rings. The minimum absolute atomic E-state index is 0.118. The summed E-state index contributed by atoms with van der Waals surface area (Å²) in [7, 11) is 0. The lowest BCUT2D eigenvalue weighted by Gasteiger charge is -2.05. The Labute approximate surface area is 131 Å². The first kappa shape index (κ1) is 15.3. The molecule has 2 rings (SSSR count). The summed E-state index contributed by atoms with van der Waals surface area (Å²) in [6.07, 6.45) is 0.621. The summed E-state index contributed by atoms with van der Waals surface area (Å²) in [5, 5.41) is 1.11. The molecule has 0 N–H and O–H groups in total. The molecular weight excluding hydrogens is 322 g/mol. The number of benzene rings is 2. The number of hydrogen-bond acceptors (Lipinski definition) is 1. The number of halogens is 4. The number of rotatable bonds is 4. The molecule has 5 heteroatoms. The van der Waals surface area contributed by atoms with Crippen molar-refractivity contribution in [2.75, 3.05) is 0 Å². The highest BCUT2D eigenvalue weighted by molar-refractivity contribution is 6.36. The van der Waals surface area contributed by atoms with Crippen molar-refractivity contribution in [3.63, 3.8) is 0 Å². The third kappa shape index (κ3) is 3.95. The molecule has 0 bridgehead atoms. The van der Waals surface area contributed by atoms with Crippen LogP contribution >= 0.6 is 34.8 Å². The maximum atomic E-state index is 13.2. The quantitative estimate of drug-likeness (QED) is 0.666. The van der Waals surface area contributed by atoms with Crippen molar-refractivity contribution < 1.29 is 9.18 Å². The number of Topliss-reactive ketones (excluding diaryl/α,β-unsaturated/α-hetero) is 1. The van der Waals surface area contributed by atoms with E-state index in [-0.39, 0.29) is 12.2 Å². The van der Waals surface area contributed by atoms with Crippen LogP contribution in [0.1, 0.15) is 22.3 Å². The zero-order valence-corrected chi connectivity index (χ0v) is 12.6. The molecule has 20 heavy (non-hydrogen) atoms. The number of ketones is 1. The fraction of sp³-hybridized carbons (Fsp3) is 0.133. The van der Waals surface area contributed by atoms with Gasteiger partial charge in [0.1, 0.15) is 5.82 Å². The van der Waals surface area contributed by atoms with Crippen LogP contribution in [0.15, 0.2) is 36.4 Å². The topological polar surface area (TPSA) is 17.1 Å². The summed E-state index contributed by atoms with van der Waals surface area (Å²) in [6.45, 7) is 0. The van der Waals surface area contributed by atoms with E-state index in [1.807, 2.05) is 0 Å². The molecule has 1 nitrogen and oxygen atoms in total. The molecule has 104 valence electrons. The van der Waals surface area contributed by atoms with Gasteiger partial charge in [-0.2, -0.15) is 0 Å². The Morgan fingerprint density at radius 3 is 2.40 bits per heavy atom. The summed E-state index contributed by atoms with van der Waals surface area (Å²) in [4.78, 5) is 12.1. The van der Waals surface area contributed by atoms with Gasteiger partial charge in [0.15, 0.2) is 5.78 Å². The molecule has 0 spiro atoms. The Bertz CT molecular complexity index is 635. The molecule has 0 saturated carbocycles. The minimum Gasteiger partial charge on any atom is -0.294 e. The van der Waals surface area contributed by atoms with Gasteiger partial charge in [0, 0.05) is 22.0 Å². The van der Waals surface area contributed by atoms with Gasteiger partial charge in [0.25, 0.3) is 0 Å². The summed E-state index contributed by atoms with van der Waals surface area (Å²) < 4.78 is 13.2. The predicted molar refractivity (Wildman–Crippen MR) is 80.5 cm³/mol. The maximum Gasteiger partial charge on any atom is 0.164 e. The molecule has 0 unspecified atom stereocenters. The molecule has 2 aromatic carbocycles. The van der Waals surface area contributed by atoms with Crippen molar-refractivity contribution in [2.45, 2.75) is 12.8 Å². The summed E-state index contributed by atoms with van der Waals surface area (Å²) >= 11 is 17.5. The van der Waals surface area contributed by atoms with Crippen LogP contribution in [-0.4, -0.2) is 5.78 Å². The summed E-state index contributed by atoms with van der Waals surface area (Å²) in [5.74, 6) is -0.531. The highest BCUT2D eigenvalue weighted by Gasteiger charge is 2.11. The lowest BCUT2D eigenvalue weighted by atomic mass is 10.0. The van der Waals surface area contributed by atoms with Crippen LogP contribution in [0.2, 0.25) is 15.1 Å². The Kier molecular flexibility index (Phi) is 5.03. The second kappa shape index (κ2) is 6.57. The first-order valence-electron chi connectivity index (χ1n) is 5.89. The molecule has 2 aromatic rings. The van der Waals surface area contributed by atoms with Crippen LogP contribution in [0.25, 0.3) is 0 Å². The zero-order valence-electron chi connectivity index (χ0n) is 10.3. The molecule has 0 amide bonds. The van der Waals surface area contributed by atoms with Crippen LogP contribution in [0.4, 0.5) is 4.39 Å². The van der Waals surface area contributed by atoms with Gasteiger partial charge >= 0.3 is 0 Å². The van der Waals surface area contributed by atoms with Gasteiger partial charge in [0.05, 0.1) is 5.02 Å². The SMILES string of the molecule is O=C(CCc1cc(F)cc(Cl)c1)c1ccc(Cl)cc1Cl. The van der Waals surface area contributed by atoms with E-state index < -0.39 is 5.82 Å². The zero-order chi connectivity index (χ0) is 14.7. The average molecular weight is 332 g/mol. The largest absolute Gasteiger partial charge is 0.294 e. The van der Waals surface area contributed by atoms with Crippen molar-refractivity contribution >= 4 is 40.6 Å². The minimum atomic E-state index is -0.413. The van der Waals surface area contributed by atoms with Gasteiger partial charge in [-0.1, -0.05) is 34.8 Å². The monoisotopic (exact) mass is 330 g/mol. The number of aryl methyl sites for hydroxylation is 1. The van der Waals surface area contributed by atoms with Gasteiger partial charge in [-0.15, -0.1) is 0 Å². The molecule has 0 saturated heterocycles. The fourth-order valence-electron chi connectivity index (χ4n) is 1.86. The Morgan fingerprint density at radius 1 is 1.00 bits per heavy atom. The third-order valence-electron chi connectivity index (χ3n) is 2.79. The van der Waals surface area contributed by atoms with E-state index in [2.05, 4.69) is 0 Å². The second-order valence-electron chi connectivity index (χ2n) is 4.33. The lowest BCUT2D eigenvalue weighted by molar-refractivity contribution is 0.0983. The van der Waals surface area contributed by atoms with Crippen LogP contribution in [0.5, 0.6) is 0 Å². The highest BCUT2D eigenvalue weighted by Crippen LogP contribution is 2.23. The van der Waals surface area contributed by atoms with Crippen molar-refractivity contribution in [3.8, 4) is 0 Å². The highest BCUT2D eigenvalue weighted by atomic mass is 35.5. The van der Waals surface area contributed by atoms with Crippen molar-refractivity contribution in [2.24, 2.45) is 0 Å². The molecule has 0 atom stereocenters. The van der Waals surface area contributed by atoms with Crippen molar-refractivity contribution in [3.05, 3.63) is 68.4 Å². The maximum absolute atomic E-state index is 13.2. The predicted octanol–water partition coefficient (Wildman–Crippen LogP) is 5.60. The smallest absolute Gasteiger partial charge is 0.164 e. The van der Waals surface area contributed by atoms with E-state index in [1.165, 1.54) is 18.2 Å². The standard InChI is InChI=1S/C15H10Cl3FO/c16-10-2-3-13(14(18)8-10)15(20)4-1-9-5-11(17)7-12(19)6-9/h2-3,5-8H,1,4H2. The van der Waals surface area contributed by atoms with Crippen LogP contribution < -0.4 is 0 Å². The normalized spacial score (nSPS) is 10.6. The molecular formula is C15H10Cl3FO. The van der Waals surface area contributed by atoms with E-state index in [9.17, 15) is 9.18 Å². The van der Waals surface area contributed by atoms with Gasteiger partial charge < -0.3 is 0 Å². The van der Waals surface area contributed by atoms with E-state index in [0.717, 1.165) is 0 Å². The molecule has 0 aliphatic heterocycles. The Morgan fingerprint density at radius 2 is 1.75 bits per heavy atom. The van der Waals surface area contributed by atoms with Gasteiger partial charge in [-0.25, -0.2) is 4.39 Å². The van der Waals surface area contributed by atoms with E-state index >= 15 is 0 Å². The number of carbonyl (C=O) groups excluding carboxylic acids is 1. The van der Waals surface area contributed by atoms with Gasteiger partial charge in [0.2, 0.25) is 0 Å². The molecule has 0 aromatic heterocycles. The number of hydrogen-bond donors (Lipinski definition) is 0. The van der Waals surface area contributed by atoms with E-state index in [0.29, 0.717) is 32.6 Å². The van der Waals surface area contributed by atoms with Crippen LogP contribution in [-0.2, 0) is 6.42 Å². The summed E-state index contributed by atoms with van der Waals surface area (Å²) in [5.41, 5.74) is 1.09. The van der Waals surface area contributed by atoms with Crippen LogP contribution in [0.3, 0.4) is 0 Å². The van der Waals surface area contributed by atoms with E-state index in [4.69, 9.17) is 34.8 Å². The van der Waals surface area contributed by atoms with Crippen LogP contribution in [0, 0.1) is 5.82 Å². The molecule has 0 heterocycles. The fourth-order valence-corrected chi connectivity index (χ4v) is 2.62. The first-order valence-corrected chi connectivity index (χ1v) is 7.02. The van der Waals surface area contributed by atoms with Gasteiger partial charge in [-0.05, 0) is 48.4 Å². The lowest BCUT2D eigenvalue weighted by Crippen LogP contribution is -2.02. The number of carbonyl (C=O) groups is 1. The third-order valence-corrected chi connectivity index (χ3v) is 3.56. The Hall–Kier alpha value is -1.09. The average Bonchev–Trinajstić information content (AvgIpc) is 2.35. The molecule has 0 fully saturated rings.